The molecule has 8 nitrogen and oxygen atoms in total. The fourth-order valence-corrected chi connectivity index (χ4v) is 4.80. The number of furan rings is 1. The highest BCUT2D eigenvalue weighted by Gasteiger charge is 2.37. The second-order valence-electron chi connectivity index (χ2n) is 7.82. The minimum atomic E-state index is -3.67. The standard InChI is InChI=1S/C21H22FN3O5S/c1-21(27)9-4-10-25(31(3,28)29)18-15(21)11-14-16(19(26)23-2)17(30-20(14)24-18)12-5-7-13(22)8-6-12/h5-8,11,27H,4,9-10H2,1-3H3,(H,23,26). The zero-order valence-corrected chi connectivity index (χ0v) is 18.1. The maximum atomic E-state index is 13.4. The fourth-order valence-electron chi connectivity index (χ4n) is 3.89. The number of aliphatic hydroxyl groups is 1. The Morgan fingerprint density at radius 1 is 1.32 bits per heavy atom. The fraction of sp³-hybridized carbons (Fsp3) is 0.333. The molecule has 3 heterocycles. The maximum absolute atomic E-state index is 13.4. The van der Waals surface area contributed by atoms with Crippen LogP contribution in [-0.4, -0.2) is 44.3 Å². The van der Waals surface area contributed by atoms with E-state index in [0.29, 0.717) is 29.4 Å². The average Bonchev–Trinajstić information content (AvgIpc) is 3.01. The Morgan fingerprint density at radius 3 is 2.61 bits per heavy atom. The van der Waals surface area contributed by atoms with E-state index >= 15 is 0 Å². The topological polar surface area (TPSA) is 113 Å². The van der Waals surface area contributed by atoms with Crippen molar-refractivity contribution in [2.75, 3.05) is 24.2 Å². The summed E-state index contributed by atoms with van der Waals surface area (Å²) in [5.74, 6) is -0.646. The van der Waals surface area contributed by atoms with E-state index in [9.17, 15) is 22.7 Å². The van der Waals surface area contributed by atoms with Gasteiger partial charge in [-0.1, -0.05) is 0 Å². The van der Waals surface area contributed by atoms with E-state index in [1.54, 1.807) is 13.0 Å². The normalized spacial score (nSPS) is 19.2. The third-order valence-corrected chi connectivity index (χ3v) is 6.62. The third kappa shape index (κ3) is 3.66. The smallest absolute Gasteiger partial charge is 0.255 e. The molecule has 1 unspecified atom stereocenters. The summed E-state index contributed by atoms with van der Waals surface area (Å²) in [5, 5.41) is 13.9. The van der Waals surface area contributed by atoms with Crippen molar-refractivity contribution in [1.29, 1.82) is 0 Å². The van der Waals surface area contributed by atoms with E-state index in [0.717, 1.165) is 10.6 Å². The van der Waals surface area contributed by atoms with Gasteiger partial charge in [0.05, 0.1) is 22.8 Å². The van der Waals surface area contributed by atoms with Crippen LogP contribution in [0.15, 0.2) is 34.7 Å². The van der Waals surface area contributed by atoms with Crippen molar-refractivity contribution >= 4 is 32.8 Å². The molecule has 4 rings (SSSR count). The van der Waals surface area contributed by atoms with Gasteiger partial charge in [-0.3, -0.25) is 9.10 Å². The number of amides is 1. The Balaban J connectivity index is 2.06. The largest absolute Gasteiger partial charge is 0.437 e. The molecule has 2 aromatic heterocycles. The van der Waals surface area contributed by atoms with Crippen LogP contribution >= 0.6 is 0 Å². The highest BCUT2D eigenvalue weighted by Crippen LogP contribution is 2.42. The van der Waals surface area contributed by atoms with E-state index in [2.05, 4.69) is 10.3 Å². The van der Waals surface area contributed by atoms with Crippen LogP contribution in [0.4, 0.5) is 10.2 Å². The van der Waals surface area contributed by atoms with Gasteiger partial charge in [0.25, 0.3) is 5.91 Å². The summed E-state index contributed by atoms with van der Waals surface area (Å²) in [5.41, 5.74) is -0.392. The van der Waals surface area contributed by atoms with Gasteiger partial charge in [0, 0.05) is 24.7 Å². The average molecular weight is 447 g/mol. The zero-order valence-electron chi connectivity index (χ0n) is 17.3. The molecule has 10 heteroatoms. The van der Waals surface area contributed by atoms with Crippen molar-refractivity contribution in [3.8, 4) is 11.3 Å². The Hall–Kier alpha value is -2.98. The van der Waals surface area contributed by atoms with Crippen LogP contribution in [0.1, 0.15) is 35.7 Å². The molecule has 0 saturated carbocycles. The van der Waals surface area contributed by atoms with E-state index in [1.165, 1.54) is 31.3 Å². The first-order valence-corrected chi connectivity index (χ1v) is 11.5. The summed E-state index contributed by atoms with van der Waals surface area (Å²) >= 11 is 0. The van der Waals surface area contributed by atoms with Gasteiger partial charge in [-0.25, -0.2) is 12.8 Å². The number of hydrogen-bond acceptors (Lipinski definition) is 6. The number of anilines is 1. The van der Waals surface area contributed by atoms with Gasteiger partial charge in [0.15, 0.2) is 5.82 Å². The van der Waals surface area contributed by atoms with E-state index in [-0.39, 0.29) is 29.4 Å². The van der Waals surface area contributed by atoms with Gasteiger partial charge in [-0.2, -0.15) is 4.98 Å². The summed E-state index contributed by atoms with van der Waals surface area (Å²) in [6.45, 7) is 1.75. The highest BCUT2D eigenvalue weighted by atomic mass is 32.2. The molecule has 0 radical (unpaired) electrons. The molecule has 1 aliphatic heterocycles. The van der Waals surface area contributed by atoms with Gasteiger partial charge in [0.2, 0.25) is 15.7 Å². The molecule has 31 heavy (non-hydrogen) atoms. The molecule has 1 amide bonds. The minimum absolute atomic E-state index is 0.0445. The van der Waals surface area contributed by atoms with Crippen LogP contribution in [0, 0.1) is 5.82 Å². The maximum Gasteiger partial charge on any atom is 0.255 e. The molecule has 3 aromatic rings. The molecule has 2 N–H and O–H groups in total. The van der Waals surface area contributed by atoms with Crippen LogP contribution < -0.4 is 9.62 Å². The Bertz CT molecular complexity index is 1280. The number of nitrogens with one attached hydrogen (secondary N) is 1. The first kappa shape index (κ1) is 21.3. The number of benzene rings is 1. The number of rotatable bonds is 3. The van der Waals surface area contributed by atoms with Crippen LogP contribution in [0.25, 0.3) is 22.4 Å². The number of sulfonamides is 1. The summed E-state index contributed by atoms with van der Waals surface area (Å²) in [7, 11) is -2.20. The van der Waals surface area contributed by atoms with Crippen molar-refractivity contribution in [2.24, 2.45) is 0 Å². The number of nitrogens with zero attached hydrogens (tertiary/aromatic N) is 2. The number of halogens is 1. The molecule has 1 aromatic carbocycles. The van der Waals surface area contributed by atoms with E-state index in [1.807, 2.05) is 0 Å². The monoisotopic (exact) mass is 447 g/mol. The number of fused-ring (bicyclic) bond motifs is 2. The van der Waals surface area contributed by atoms with E-state index in [4.69, 9.17) is 4.42 Å². The Morgan fingerprint density at radius 2 is 2.00 bits per heavy atom. The predicted octanol–water partition coefficient (Wildman–Crippen LogP) is 2.76. The Kier molecular flexibility index (Phi) is 5.01. The van der Waals surface area contributed by atoms with Gasteiger partial charge in [-0.05, 0) is 50.1 Å². The summed E-state index contributed by atoms with van der Waals surface area (Å²) in [6, 6.07) is 7.00. The number of carbonyl (C=O) groups is 1. The summed E-state index contributed by atoms with van der Waals surface area (Å²) in [6.07, 6.45) is 1.82. The molecule has 0 bridgehead atoms. The van der Waals surface area contributed by atoms with Crippen molar-refractivity contribution in [3.63, 3.8) is 0 Å². The first-order valence-electron chi connectivity index (χ1n) is 9.69. The predicted molar refractivity (Wildman–Crippen MR) is 114 cm³/mol. The minimum Gasteiger partial charge on any atom is -0.437 e. The molecule has 0 fully saturated rings. The molecule has 164 valence electrons. The second-order valence-corrected chi connectivity index (χ2v) is 9.72. The second kappa shape index (κ2) is 7.31. The molecule has 0 saturated heterocycles. The number of pyridine rings is 1. The Labute approximate surface area is 178 Å². The lowest BCUT2D eigenvalue weighted by Gasteiger charge is -2.25. The SMILES string of the molecule is CNC(=O)c1c(-c2ccc(F)cc2)oc2nc3c(cc12)C(C)(O)CCCN3S(C)(=O)=O. The summed E-state index contributed by atoms with van der Waals surface area (Å²) < 4.78 is 45.2. The van der Waals surface area contributed by atoms with Crippen LogP contribution in [0.2, 0.25) is 0 Å². The molecule has 1 atom stereocenters. The first-order chi connectivity index (χ1) is 14.5. The van der Waals surface area contributed by atoms with Crippen LogP contribution in [0.3, 0.4) is 0 Å². The van der Waals surface area contributed by atoms with Crippen molar-refractivity contribution < 1.29 is 27.1 Å². The zero-order chi connectivity index (χ0) is 22.6. The molecular formula is C21H22FN3O5S. The summed E-state index contributed by atoms with van der Waals surface area (Å²) in [4.78, 5) is 17.2. The number of carbonyl (C=O) groups excluding carboxylic acids is 1. The quantitative estimate of drug-likeness (QED) is 0.638. The lowest BCUT2D eigenvalue weighted by atomic mass is 9.91. The van der Waals surface area contributed by atoms with Gasteiger partial charge in [0.1, 0.15) is 11.6 Å². The molecule has 1 aliphatic rings. The van der Waals surface area contributed by atoms with Gasteiger partial charge in [-0.15, -0.1) is 0 Å². The van der Waals surface area contributed by atoms with Crippen molar-refractivity contribution in [2.45, 2.75) is 25.4 Å². The number of hydrogen-bond donors (Lipinski definition) is 2. The van der Waals surface area contributed by atoms with Crippen molar-refractivity contribution in [3.05, 3.63) is 47.3 Å². The number of aromatic nitrogens is 1. The van der Waals surface area contributed by atoms with Crippen LogP contribution in [-0.2, 0) is 15.6 Å². The van der Waals surface area contributed by atoms with Gasteiger partial charge >= 0.3 is 0 Å². The van der Waals surface area contributed by atoms with Crippen molar-refractivity contribution in [1.82, 2.24) is 10.3 Å². The van der Waals surface area contributed by atoms with E-state index < -0.39 is 27.3 Å². The molecule has 0 spiro atoms. The van der Waals surface area contributed by atoms with Gasteiger partial charge < -0.3 is 14.8 Å². The van der Waals surface area contributed by atoms with Crippen LogP contribution in [0.5, 0.6) is 0 Å². The lowest BCUT2D eigenvalue weighted by molar-refractivity contribution is 0.0488. The lowest BCUT2D eigenvalue weighted by Crippen LogP contribution is -2.32. The molecule has 0 aliphatic carbocycles. The molecular weight excluding hydrogens is 425 g/mol. The highest BCUT2D eigenvalue weighted by molar-refractivity contribution is 7.92. The third-order valence-electron chi connectivity index (χ3n) is 5.46.